The quantitative estimate of drug-likeness (QED) is 0.298. The van der Waals surface area contributed by atoms with Crippen molar-refractivity contribution < 1.29 is 28.8 Å². The van der Waals surface area contributed by atoms with Crippen LogP contribution in [0.25, 0.3) is 10.9 Å². The van der Waals surface area contributed by atoms with Crippen molar-refractivity contribution in [3.05, 3.63) is 36.0 Å². The molecule has 1 aromatic heterocycles. The number of aromatic nitrogens is 1. The Bertz CT molecular complexity index is 1380. The molecule has 3 N–H and O–H groups in total. The van der Waals surface area contributed by atoms with Gasteiger partial charge in [-0.05, 0) is 49.7 Å². The number of piperidine rings is 1. The number of halogens is 1. The molecule has 4 rings (SSSR count). The lowest BCUT2D eigenvalue weighted by Crippen LogP contribution is -2.64. The first-order valence-corrected chi connectivity index (χ1v) is 16.5. The van der Waals surface area contributed by atoms with Gasteiger partial charge in [0.05, 0.1) is 5.52 Å². The topological polar surface area (TPSA) is 139 Å². The standard InChI is InChI=1S/C34H49N5O6.ClH/c1-5-22(3)30-34(44)38-19-13-12-18-29(38)33(43)35-26(16-9-7-8-14-24(40)6-2)31(41)36-27(32(42)37-30)20-23-21-39(45-4)28-17-11-10-15-25(23)28;/h10-11,15,17,21-22,26-27,29-30H,5-9,12-14,16,18-20H2,1-4H3,(H,35,43)(H,36,41)(H,37,42);1H/t22-,26+,27+,29-,30+;/m1./s1. The predicted octanol–water partition coefficient (Wildman–Crippen LogP) is 3.49. The van der Waals surface area contributed by atoms with E-state index in [4.69, 9.17) is 4.84 Å². The number of rotatable bonds is 12. The summed E-state index contributed by atoms with van der Waals surface area (Å²) in [6, 6.07) is 4.20. The largest absolute Gasteiger partial charge is 0.417 e. The highest BCUT2D eigenvalue weighted by Gasteiger charge is 2.40. The van der Waals surface area contributed by atoms with Crippen LogP contribution in [-0.4, -0.2) is 76.9 Å². The maximum Gasteiger partial charge on any atom is 0.246 e. The number of para-hydroxylation sites is 1. The van der Waals surface area contributed by atoms with E-state index < -0.39 is 36.0 Å². The van der Waals surface area contributed by atoms with Gasteiger partial charge in [-0.15, -0.1) is 12.4 Å². The fraction of sp³-hybridized carbons (Fsp3) is 0.618. The van der Waals surface area contributed by atoms with Gasteiger partial charge in [0, 0.05) is 37.4 Å². The minimum Gasteiger partial charge on any atom is -0.417 e. The van der Waals surface area contributed by atoms with Crippen molar-refractivity contribution in [2.45, 2.75) is 116 Å². The summed E-state index contributed by atoms with van der Waals surface area (Å²) >= 11 is 0. The molecular formula is C34H50ClN5O6. The predicted molar refractivity (Wildman–Crippen MR) is 178 cm³/mol. The van der Waals surface area contributed by atoms with Crippen LogP contribution in [0, 0.1) is 5.92 Å². The smallest absolute Gasteiger partial charge is 0.246 e. The summed E-state index contributed by atoms with van der Waals surface area (Å²) in [7, 11) is 1.56. The maximum atomic E-state index is 14.0. The van der Waals surface area contributed by atoms with E-state index in [0.29, 0.717) is 51.5 Å². The van der Waals surface area contributed by atoms with E-state index in [1.165, 1.54) is 0 Å². The molecule has 1 aromatic carbocycles. The van der Waals surface area contributed by atoms with Crippen LogP contribution in [-0.2, 0) is 30.4 Å². The summed E-state index contributed by atoms with van der Waals surface area (Å²) in [6.45, 7) is 6.14. The Morgan fingerprint density at radius 2 is 1.67 bits per heavy atom. The number of Topliss-reactive ketones (excluding diaryl/α,β-unsaturated/α-hetero) is 1. The van der Waals surface area contributed by atoms with Crippen LogP contribution < -0.4 is 20.8 Å². The number of hydrogen-bond acceptors (Lipinski definition) is 6. The molecule has 0 bridgehead atoms. The third-order valence-corrected chi connectivity index (χ3v) is 9.36. The monoisotopic (exact) mass is 659 g/mol. The molecule has 0 radical (unpaired) electrons. The van der Waals surface area contributed by atoms with Crippen LogP contribution in [0.3, 0.4) is 0 Å². The third-order valence-electron chi connectivity index (χ3n) is 9.36. The lowest BCUT2D eigenvalue weighted by atomic mass is 9.93. The number of carbonyl (C=O) groups excluding carboxylic acids is 5. The average molecular weight is 660 g/mol. The van der Waals surface area contributed by atoms with Gasteiger partial charge in [-0.25, -0.2) is 0 Å². The first-order valence-electron chi connectivity index (χ1n) is 16.5. The molecule has 4 amide bonds. The van der Waals surface area contributed by atoms with Gasteiger partial charge in [-0.1, -0.05) is 58.2 Å². The van der Waals surface area contributed by atoms with Gasteiger partial charge in [-0.3, -0.25) is 24.0 Å². The van der Waals surface area contributed by atoms with Gasteiger partial charge in [0.1, 0.15) is 37.1 Å². The molecule has 2 aliphatic rings. The zero-order chi connectivity index (χ0) is 32.5. The summed E-state index contributed by atoms with van der Waals surface area (Å²) < 4.78 is 1.62. The Morgan fingerprint density at radius 1 is 0.957 bits per heavy atom. The number of benzene rings is 1. The van der Waals surface area contributed by atoms with Crippen molar-refractivity contribution in [3.8, 4) is 0 Å². The van der Waals surface area contributed by atoms with E-state index in [9.17, 15) is 24.0 Å². The van der Waals surface area contributed by atoms with Gasteiger partial charge in [-0.2, -0.15) is 4.73 Å². The van der Waals surface area contributed by atoms with E-state index in [0.717, 1.165) is 35.7 Å². The highest BCUT2D eigenvalue weighted by molar-refractivity contribution is 5.98. The zero-order valence-corrected chi connectivity index (χ0v) is 28.3. The Morgan fingerprint density at radius 3 is 2.39 bits per heavy atom. The second-order valence-corrected chi connectivity index (χ2v) is 12.4. The van der Waals surface area contributed by atoms with Crippen LogP contribution >= 0.6 is 12.4 Å². The van der Waals surface area contributed by atoms with Crippen molar-refractivity contribution in [1.29, 1.82) is 0 Å². The highest BCUT2D eigenvalue weighted by atomic mass is 35.5. The minimum absolute atomic E-state index is 0. The molecule has 0 spiro atoms. The summed E-state index contributed by atoms with van der Waals surface area (Å²) in [5, 5.41) is 9.75. The molecule has 2 aromatic rings. The van der Waals surface area contributed by atoms with Crippen LogP contribution in [0.2, 0.25) is 0 Å². The molecule has 2 saturated heterocycles. The number of hydrogen-bond donors (Lipinski definition) is 3. The Labute approximate surface area is 277 Å². The summed E-state index contributed by atoms with van der Waals surface area (Å²) in [5.74, 6) is -1.50. The second kappa shape index (κ2) is 17.4. The molecule has 254 valence electrons. The Kier molecular flexibility index (Phi) is 13.9. The molecule has 3 heterocycles. The number of fused-ring (bicyclic) bond motifs is 2. The zero-order valence-electron chi connectivity index (χ0n) is 27.5. The number of nitrogens with one attached hydrogen (secondary N) is 3. The number of amides is 4. The molecule has 0 saturated carbocycles. The van der Waals surface area contributed by atoms with E-state index in [-0.39, 0.29) is 42.3 Å². The Balaban J connectivity index is 0.00000576. The van der Waals surface area contributed by atoms with Crippen LogP contribution in [0.1, 0.15) is 90.5 Å². The molecule has 2 fully saturated rings. The van der Waals surface area contributed by atoms with Crippen molar-refractivity contribution in [2.24, 2.45) is 5.92 Å². The van der Waals surface area contributed by atoms with Gasteiger partial charge < -0.3 is 25.7 Å². The Hall–Kier alpha value is -3.60. The number of carbonyl (C=O) groups is 5. The van der Waals surface area contributed by atoms with Crippen LogP contribution in [0.15, 0.2) is 30.5 Å². The van der Waals surface area contributed by atoms with Crippen LogP contribution in [0.5, 0.6) is 0 Å². The third kappa shape index (κ3) is 8.80. The number of nitrogens with zero attached hydrogens (tertiary/aromatic N) is 2. The summed E-state index contributed by atoms with van der Waals surface area (Å²) in [5.41, 5.74) is 1.62. The number of unbranched alkanes of at least 4 members (excludes halogenated alkanes) is 2. The fourth-order valence-corrected chi connectivity index (χ4v) is 6.38. The molecule has 2 aliphatic heterocycles. The van der Waals surface area contributed by atoms with E-state index in [1.54, 1.807) is 22.9 Å². The first-order chi connectivity index (χ1) is 21.7. The van der Waals surface area contributed by atoms with Crippen LogP contribution in [0.4, 0.5) is 0 Å². The van der Waals surface area contributed by atoms with Crippen molar-refractivity contribution >= 4 is 52.7 Å². The van der Waals surface area contributed by atoms with Crippen molar-refractivity contribution in [3.63, 3.8) is 0 Å². The highest BCUT2D eigenvalue weighted by Crippen LogP contribution is 2.24. The van der Waals surface area contributed by atoms with Crippen molar-refractivity contribution in [2.75, 3.05) is 13.7 Å². The molecule has 11 nitrogen and oxygen atoms in total. The first kappa shape index (κ1) is 36.9. The van der Waals surface area contributed by atoms with Gasteiger partial charge in [0.25, 0.3) is 0 Å². The normalized spacial score (nSPS) is 23.2. The van der Waals surface area contributed by atoms with Gasteiger partial charge in [0.15, 0.2) is 0 Å². The van der Waals surface area contributed by atoms with E-state index >= 15 is 0 Å². The SMILES string of the molecule is CCC(=O)CCCCC[C@@H]1NC(=O)[C@H]2CCCCN2C(=O)[C@H]([C@H](C)CC)NC(=O)[C@H](Cc2cn(OC)c3ccccc23)NC1=O.Cl. The lowest BCUT2D eigenvalue weighted by molar-refractivity contribution is -0.147. The molecule has 5 atom stereocenters. The van der Waals surface area contributed by atoms with Gasteiger partial charge in [0.2, 0.25) is 23.6 Å². The van der Waals surface area contributed by atoms with E-state index in [1.807, 2.05) is 45.0 Å². The average Bonchev–Trinajstić information content (AvgIpc) is 3.41. The minimum atomic E-state index is -1.01. The maximum absolute atomic E-state index is 14.0. The molecular weight excluding hydrogens is 610 g/mol. The fourth-order valence-electron chi connectivity index (χ4n) is 6.38. The summed E-state index contributed by atoms with van der Waals surface area (Å²) in [4.78, 5) is 74.5. The van der Waals surface area contributed by atoms with Crippen molar-refractivity contribution in [1.82, 2.24) is 25.6 Å². The molecule has 46 heavy (non-hydrogen) atoms. The van der Waals surface area contributed by atoms with E-state index in [2.05, 4.69) is 16.0 Å². The number of ketones is 1. The molecule has 0 aliphatic carbocycles. The summed E-state index contributed by atoms with van der Waals surface area (Å²) in [6.07, 6.45) is 8.07. The van der Waals surface area contributed by atoms with Gasteiger partial charge >= 0.3 is 0 Å². The molecule has 12 heteroatoms. The lowest BCUT2D eigenvalue weighted by Gasteiger charge is -2.39. The molecule has 0 unspecified atom stereocenters. The second-order valence-electron chi connectivity index (χ2n) is 12.4.